The van der Waals surface area contributed by atoms with Crippen LogP contribution in [0, 0.1) is 0 Å². The van der Waals surface area contributed by atoms with Gasteiger partial charge >= 0.3 is 5.76 Å². The van der Waals surface area contributed by atoms with E-state index in [0.717, 1.165) is 6.07 Å². The largest absolute Gasteiger partial charge is 0.381 e. The third-order valence-corrected chi connectivity index (χ3v) is 4.27. The molecule has 20 heavy (non-hydrogen) atoms. The van der Waals surface area contributed by atoms with Crippen molar-refractivity contribution >= 4 is 15.5 Å². The monoisotopic (exact) mass is 307 g/mol. The van der Waals surface area contributed by atoms with Crippen LogP contribution >= 0.6 is 0 Å². The van der Waals surface area contributed by atoms with Crippen LogP contribution in [-0.2, 0) is 19.3 Å². The van der Waals surface area contributed by atoms with E-state index < -0.39 is 20.5 Å². The molecule has 112 valence electrons. The van der Waals surface area contributed by atoms with Crippen molar-refractivity contribution in [2.45, 2.75) is 16.8 Å². The Labute approximate surface area is 115 Å². The van der Waals surface area contributed by atoms with E-state index in [1.807, 2.05) is 0 Å². The second-order valence-corrected chi connectivity index (χ2v) is 6.14. The Morgan fingerprint density at radius 1 is 1.30 bits per heavy atom. The van der Waals surface area contributed by atoms with Crippen LogP contribution < -0.4 is 5.32 Å². The van der Waals surface area contributed by atoms with E-state index in [-0.39, 0.29) is 18.3 Å². The fourth-order valence-corrected chi connectivity index (χ4v) is 2.74. The molecule has 5 nitrogen and oxygen atoms in total. The molecule has 0 saturated carbocycles. The first-order valence-electron chi connectivity index (χ1n) is 6.06. The summed E-state index contributed by atoms with van der Waals surface area (Å²) in [6.45, 7) is 1.66. The van der Waals surface area contributed by atoms with Gasteiger partial charge in [0.2, 0.25) is 9.84 Å². The predicted molar refractivity (Wildman–Crippen MR) is 68.7 cm³/mol. The van der Waals surface area contributed by atoms with Gasteiger partial charge in [0.05, 0.1) is 36.5 Å². The van der Waals surface area contributed by atoms with Crippen LogP contribution in [0.15, 0.2) is 29.2 Å². The van der Waals surface area contributed by atoms with Crippen LogP contribution in [0.3, 0.4) is 0 Å². The van der Waals surface area contributed by atoms with Gasteiger partial charge in [0.15, 0.2) is 0 Å². The summed E-state index contributed by atoms with van der Waals surface area (Å²) in [7, 11) is -4.63. The number of hydrogen-bond acceptors (Lipinski definition) is 5. The predicted octanol–water partition coefficient (Wildman–Crippen LogP) is 1.51. The van der Waals surface area contributed by atoms with E-state index in [0.29, 0.717) is 19.8 Å². The average molecular weight is 307 g/mol. The highest BCUT2D eigenvalue weighted by atomic mass is 32.2. The van der Waals surface area contributed by atoms with Crippen molar-refractivity contribution in [3.63, 3.8) is 0 Å². The van der Waals surface area contributed by atoms with Crippen molar-refractivity contribution in [1.29, 1.82) is 0 Å². The molecule has 1 heterocycles. The minimum atomic E-state index is -4.63. The van der Waals surface area contributed by atoms with Gasteiger partial charge in [-0.25, -0.2) is 8.42 Å². The van der Waals surface area contributed by atoms with Crippen LogP contribution in [0.25, 0.3) is 0 Å². The smallest absolute Gasteiger partial charge is 0.341 e. The summed E-state index contributed by atoms with van der Waals surface area (Å²) in [5.41, 5.74) is 0.141. The highest BCUT2D eigenvalue weighted by molar-refractivity contribution is 7.91. The molecular formula is C12H15F2NO4S. The second kappa shape index (κ2) is 6.47. The normalized spacial score (nSPS) is 20.1. The van der Waals surface area contributed by atoms with E-state index in [4.69, 9.17) is 9.47 Å². The van der Waals surface area contributed by atoms with Crippen molar-refractivity contribution in [2.75, 3.05) is 31.7 Å². The number of nitrogens with one attached hydrogen (secondary N) is 1. The van der Waals surface area contributed by atoms with Gasteiger partial charge in [-0.3, -0.25) is 0 Å². The molecular weight excluding hydrogens is 292 g/mol. The molecule has 1 N–H and O–H groups in total. The van der Waals surface area contributed by atoms with E-state index in [9.17, 15) is 17.2 Å². The third kappa shape index (κ3) is 3.44. The first-order valence-corrected chi connectivity index (χ1v) is 7.61. The summed E-state index contributed by atoms with van der Waals surface area (Å²) in [4.78, 5) is -0.410. The highest BCUT2D eigenvalue weighted by Crippen LogP contribution is 2.26. The molecule has 2 rings (SSSR count). The minimum absolute atomic E-state index is 0.141. The van der Waals surface area contributed by atoms with Gasteiger partial charge in [-0.05, 0) is 12.1 Å². The van der Waals surface area contributed by atoms with Crippen LogP contribution in [0.1, 0.15) is 0 Å². The van der Waals surface area contributed by atoms with Crippen LogP contribution in [0.2, 0.25) is 0 Å². The number of ether oxygens (including phenoxy) is 2. The molecule has 1 aliphatic heterocycles. The van der Waals surface area contributed by atoms with E-state index in [1.165, 1.54) is 12.1 Å². The zero-order chi connectivity index (χ0) is 14.6. The lowest BCUT2D eigenvalue weighted by Crippen LogP contribution is -2.34. The quantitative estimate of drug-likeness (QED) is 0.893. The Bertz CT molecular complexity index is 544. The van der Waals surface area contributed by atoms with Crippen LogP contribution in [0.5, 0.6) is 0 Å². The maximum atomic E-state index is 12.6. The molecule has 0 radical (unpaired) electrons. The number of para-hydroxylation sites is 1. The molecule has 0 aliphatic carbocycles. The molecule has 0 aromatic heterocycles. The average Bonchev–Trinajstić information content (AvgIpc) is 2.46. The van der Waals surface area contributed by atoms with Crippen molar-refractivity contribution in [2.24, 2.45) is 0 Å². The minimum Gasteiger partial charge on any atom is -0.381 e. The summed E-state index contributed by atoms with van der Waals surface area (Å²) >= 11 is 0. The van der Waals surface area contributed by atoms with Crippen molar-refractivity contribution in [1.82, 2.24) is 0 Å². The van der Waals surface area contributed by atoms with Crippen molar-refractivity contribution < 1.29 is 26.7 Å². The summed E-state index contributed by atoms with van der Waals surface area (Å²) < 4.78 is 58.9. The number of rotatable bonds is 5. The van der Waals surface area contributed by atoms with E-state index >= 15 is 0 Å². The molecule has 0 bridgehead atoms. The van der Waals surface area contributed by atoms with Gasteiger partial charge in [-0.15, -0.1) is 0 Å². The Balaban J connectivity index is 2.12. The lowest BCUT2D eigenvalue weighted by Gasteiger charge is -2.24. The molecule has 1 saturated heterocycles. The number of anilines is 1. The Morgan fingerprint density at radius 3 is 2.70 bits per heavy atom. The zero-order valence-corrected chi connectivity index (χ0v) is 11.4. The van der Waals surface area contributed by atoms with E-state index in [1.54, 1.807) is 6.07 Å². The second-order valence-electron chi connectivity index (χ2n) is 4.25. The van der Waals surface area contributed by atoms with Crippen LogP contribution in [-0.4, -0.2) is 46.6 Å². The van der Waals surface area contributed by atoms with Gasteiger partial charge in [0, 0.05) is 6.54 Å². The lowest BCUT2D eigenvalue weighted by atomic mass is 10.3. The number of halogens is 2. The molecule has 1 atom stereocenters. The Hall–Kier alpha value is -1.25. The summed E-state index contributed by atoms with van der Waals surface area (Å²) in [5, 5.41) is 2.83. The fourth-order valence-electron chi connectivity index (χ4n) is 1.84. The number of alkyl halides is 2. The topological polar surface area (TPSA) is 64.6 Å². The molecule has 1 unspecified atom stereocenters. The molecule has 1 aromatic carbocycles. The SMILES string of the molecule is O=S(=O)(c1ccccc1NCC1COCCO1)C(F)F. The van der Waals surface area contributed by atoms with Crippen molar-refractivity contribution in [3.8, 4) is 0 Å². The maximum absolute atomic E-state index is 12.6. The molecule has 8 heteroatoms. The van der Waals surface area contributed by atoms with Gasteiger partial charge < -0.3 is 14.8 Å². The van der Waals surface area contributed by atoms with Gasteiger partial charge in [-0.1, -0.05) is 12.1 Å². The Morgan fingerprint density at radius 2 is 2.05 bits per heavy atom. The maximum Gasteiger partial charge on any atom is 0.341 e. The zero-order valence-electron chi connectivity index (χ0n) is 10.6. The molecule has 0 spiro atoms. The first kappa shape index (κ1) is 15.1. The van der Waals surface area contributed by atoms with Crippen molar-refractivity contribution in [3.05, 3.63) is 24.3 Å². The van der Waals surface area contributed by atoms with E-state index in [2.05, 4.69) is 5.32 Å². The number of hydrogen-bond donors (Lipinski definition) is 1. The fraction of sp³-hybridized carbons (Fsp3) is 0.500. The van der Waals surface area contributed by atoms with Gasteiger partial charge in [-0.2, -0.15) is 8.78 Å². The Kier molecular flexibility index (Phi) is 4.90. The summed E-state index contributed by atoms with van der Waals surface area (Å²) in [5.74, 6) is -3.44. The number of benzene rings is 1. The standard InChI is InChI=1S/C12H15F2NO4S/c13-12(14)20(16,17)11-4-2-1-3-10(11)15-7-9-8-18-5-6-19-9/h1-4,9,12,15H,5-8H2. The number of sulfone groups is 1. The first-order chi connectivity index (χ1) is 9.51. The lowest BCUT2D eigenvalue weighted by molar-refractivity contribution is -0.0819. The van der Waals surface area contributed by atoms with Gasteiger partial charge in [0.1, 0.15) is 0 Å². The molecule has 1 aliphatic rings. The van der Waals surface area contributed by atoms with Crippen LogP contribution in [0.4, 0.5) is 14.5 Å². The molecule has 1 aromatic rings. The third-order valence-electron chi connectivity index (χ3n) is 2.83. The van der Waals surface area contributed by atoms with Gasteiger partial charge in [0.25, 0.3) is 0 Å². The molecule has 1 fully saturated rings. The molecule has 0 amide bonds. The summed E-state index contributed by atoms with van der Waals surface area (Å²) in [6, 6.07) is 5.58. The highest BCUT2D eigenvalue weighted by Gasteiger charge is 2.29. The summed E-state index contributed by atoms with van der Waals surface area (Å²) in [6.07, 6.45) is -0.230.